The Morgan fingerprint density at radius 3 is 0.906 bits per heavy atom. The van der Waals surface area contributed by atoms with Gasteiger partial charge in [0.15, 0.2) is 0 Å². The van der Waals surface area contributed by atoms with Crippen LogP contribution in [-0.2, 0) is 14.3 Å². The Morgan fingerprint density at radius 2 is 0.588 bits per heavy atom. The molecule has 0 aromatic carbocycles. The highest BCUT2D eigenvalue weighted by Gasteiger charge is 2.20. The molecule has 0 aromatic heterocycles. The molecule has 0 aliphatic heterocycles. The minimum atomic E-state index is -0.664. The van der Waals surface area contributed by atoms with Gasteiger partial charge in [0.1, 0.15) is 0 Å². The molecule has 0 bridgehead atoms. The second-order valence-corrected chi connectivity index (χ2v) is 27.0. The Labute approximate surface area is 532 Å². The number of amides is 1. The third kappa shape index (κ3) is 71.3. The number of allylic oxidation sites excluding steroid dienone is 4. The van der Waals surface area contributed by atoms with Gasteiger partial charge in [-0.1, -0.05) is 398 Å². The number of hydrogen-bond donors (Lipinski definition) is 3. The molecule has 1 amide bonds. The van der Waals surface area contributed by atoms with Crippen LogP contribution in [0.4, 0.5) is 0 Å². The molecule has 2 unspecified atom stereocenters. The fraction of sp³-hybridized carbons (Fsp3) is 0.924. The van der Waals surface area contributed by atoms with Crippen LogP contribution in [0.3, 0.4) is 0 Å². The van der Waals surface area contributed by atoms with Gasteiger partial charge in [0.05, 0.1) is 25.4 Å². The van der Waals surface area contributed by atoms with Gasteiger partial charge in [-0.05, 0) is 57.8 Å². The highest BCUT2D eigenvalue weighted by Crippen LogP contribution is 2.20. The number of carbonyl (C=O) groups excluding carboxylic acids is 2. The van der Waals surface area contributed by atoms with Crippen LogP contribution in [0.15, 0.2) is 24.3 Å². The van der Waals surface area contributed by atoms with Crippen molar-refractivity contribution in [2.45, 2.75) is 456 Å². The molecule has 0 aromatic rings. The van der Waals surface area contributed by atoms with Crippen LogP contribution in [0.5, 0.6) is 0 Å². The zero-order chi connectivity index (χ0) is 61.3. The van der Waals surface area contributed by atoms with E-state index in [1.807, 2.05) is 0 Å². The van der Waals surface area contributed by atoms with Crippen LogP contribution in [0.1, 0.15) is 444 Å². The molecule has 0 saturated carbocycles. The number of nitrogens with one attached hydrogen (secondary N) is 1. The summed E-state index contributed by atoms with van der Waals surface area (Å²) in [5.41, 5.74) is 0. The zero-order valence-corrected chi connectivity index (χ0v) is 57.9. The van der Waals surface area contributed by atoms with Crippen molar-refractivity contribution < 1.29 is 24.5 Å². The molecule has 0 aliphatic rings. The molecular weight excluding hydrogens is 1040 g/mol. The quantitative estimate of drug-likeness (QED) is 0.0320. The molecule has 0 radical (unpaired) electrons. The predicted octanol–water partition coefficient (Wildman–Crippen LogP) is 25.7. The van der Waals surface area contributed by atoms with Crippen LogP contribution in [0.25, 0.3) is 0 Å². The highest BCUT2D eigenvalue weighted by molar-refractivity contribution is 5.76. The molecule has 0 fully saturated rings. The number of hydrogen-bond acceptors (Lipinski definition) is 5. The molecule has 85 heavy (non-hydrogen) atoms. The van der Waals surface area contributed by atoms with Crippen molar-refractivity contribution in [3.05, 3.63) is 24.3 Å². The van der Waals surface area contributed by atoms with E-state index >= 15 is 0 Å². The molecular formula is C79H153NO5. The third-order valence-corrected chi connectivity index (χ3v) is 18.5. The van der Waals surface area contributed by atoms with Gasteiger partial charge < -0.3 is 20.3 Å². The lowest BCUT2D eigenvalue weighted by Gasteiger charge is -2.22. The summed E-state index contributed by atoms with van der Waals surface area (Å²) in [7, 11) is 0. The van der Waals surface area contributed by atoms with Crippen molar-refractivity contribution in [1.29, 1.82) is 0 Å². The van der Waals surface area contributed by atoms with E-state index in [0.717, 1.165) is 51.4 Å². The van der Waals surface area contributed by atoms with Gasteiger partial charge >= 0.3 is 5.97 Å². The van der Waals surface area contributed by atoms with Gasteiger partial charge in [-0.2, -0.15) is 0 Å². The summed E-state index contributed by atoms with van der Waals surface area (Å²) in [6, 6.07) is -0.541. The Kier molecular flexibility index (Phi) is 73.3. The second kappa shape index (κ2) is 74.8. The van der Waals surface area contributed by atoms with E-state index in [4.69, 9.17) is 4.74 Å². The summed E-state index contributed by atoms with van der Waals surface area (Å²) in [5.74, 6) is -0.0160. The third-order valence-electron chi connectivity index (χ3n) is 18.5. The Hall–Kier alpha value is -1.66. The van der Waals surface area contributed by atoms with Crippen LogP contribution in [0, 0.1) is 0 Å². The van der Waals surface area contributed by atoms with Crippen molar-refractivity contribution in [1.82, 2.24) is 5.32 Å². The first kappa shape index (κ1) is 83.3. The maximum atomic E-state index is 12.6. The predicted molar refractivity (Wildman–Crippen MR) is 375 cm³/mol. The molecule has 3 N–H and O–H groups in total. The number of unbranched alkanes of at least 4 members (excludes halogenated alkanes) is 59. The fourth-order valence-corrected chi connectivity index (χ4v) is 12.6. The first-order valence-electron chi connectivity index (χ1n) is 39.1. The number of esters is 1. The van der Waals surface area contributed by atoms with E-state index in [-0.39, 0.29) is 18.5 Å². The maximum Gasteiger partial charge on any atom is 0.305 e. The smallest absolute Gasteiger partial charge is 0.305 e. The van der Waals surface area contributed by atoms with Crippen molar-refractivity contribution in [3.8, 4) is 0 Å². The minimum absolute atomic E-state index is 0.0112. The molecule has 6 heteroatoms. The lowest BCUT2D eigenvalue weighted by Crippen LogP contribution is -2.45. The van der Waals surface area contributed by atoms with Crippen LogP contribution >= 0.6 is 0 Å². The van der Waals surface area contributed by atoms with Crippen LogP contribution in [-0.4, -0.2) is 47.4 Å². The highest BCUT2D eigenvalue weighted by atomic mass is 16.5. The molecule has 2 atom stereocenters. The minimum Gasteiger partial charge on any atom is -0.466 e. The van der Waals surface area contributed by atoms with Gasteiger partial charge in [-0.3, -0.25) is 9.59 Å². The molecule has 6 nitrogen and oxygen atoms in total. The lowest BCUT2D eigenvalue weighted by atomic mass is 10.0. The van der Waals surface area contributed by atoms with Gasteiger partial charge in [-0.25, -0.2) is 0 Å². The maximum absolute atomic E-state index is 12.6. The summed E-state index contributed by atoms with van der Waals surface area (Å²) < 4.78 is 5.51. The molecule has 0 saturated heterocycles. The van der Waals surface area contributed by atoms with Gasteiger partial charge in [0.25, 0.3) is 0 Å². The van der Waals surface area contributed by atoms with Crippen molar-refractivity contribution in [2.24, 2.45) is 0 Å². The molecule has 0 heterocycles. The first-order chi connectivity index (χ1) is 42.0. The molecule has 0 rings (SSSR count). The fourth-order valence-electron chi connectivity index (χ4n) is 12.6. The largest absolute Gasteiger partial charge is 0.466 e. The van der Waals surface area contributed by atoms with Crippen molar-refractivity contribution in [2.75, 3.05) is 13.2 Å². The topological polar surface area (TPSA) is 95.9 Å². The Morgan fingerprint density at radius 1 is 0.329 bits per heavy atom. The number of rotatable bonds is 74. The SMILES string of the molecule is CCCCCC/C=C\C/C=C\CCCCCCCCCC(=O)OCCCCCCCCCCCCCCCCCCCCCCCCCCCCC(=O)NC(CO)C(O)CCCCCCCCCCCCCCCCCCCCCCCCCC. The van der Waals surface area contributed by atoms with E-state index in [9.17, 15) is 19.8 Å². The van der Waals surface area contributed by atoms with E-state index in [0.29, 0.717) is 25.9 Å². The normalized spacial score (nSPS) is 12.6. The van der Waals surface area contributed by atoms with Gasteiger partial charge in [0, 0.05) is 12.8 Å². The molecule has 0 spiro atoms. The average molecular weight is 1200 g/mol. The zero-order valence-electron chi connectivity index (χ0n) is 57.9. The Balaban J connectivity index is 3.35. The first-order valence-corrected chi connectivity index (χ1v) is 39.1. The number of carbonyl (C=O) groups is 2. The second-order valence-electron chi connectivity index (χ2n) is 27.0. The monoisotopic (exact) mass is 1200 g/mol. The molecule has 0 aliphatic carbocycles. The van der Waals surface area contributed by atoms with Gasteiger partial charge in [0.2, 0.25) is 5.91 Å². The number of ether oxygens (including phenoxy) is 1. The van der Waals surface area contributed by atoms with E-state index in [1.165, 1.54) is 360 Å². The Bertz CT molecular complexity index is 1330. The summed E-state index contributed by atoms with van der Waals surface area (Å²) in [4.78, 5) is 24.7. The van der Waals surface area contributed by atoms with E-state index in [2.05, 4.69) is 43.5 Å². The molecule has 504 valence electrons. The van der Waals surface area contributed by atoms with Crippen molar-refractivity contribution in [3.63, 3.8) is 0 Å². The van der Waals surface area contributed by atoms with Gasteiger partial charge in [-0.15, -0.1) is 0 Å². The standard InChI is InChI=1S/C79H153NO5/c1-3-5-7-9-11-13-15-17-19-21-23-24-25-30-33-36-39-43-47-51-55-59-63-67-71-77(82)76(75-81)80-78(83)72-68-64-60-56-52-48-44-40-37-34-31-28-26-27-29-32-35-38-42-46-50-54-58-62-66-70-74-85-79(84)73-69-65-61-57-53-49-45-41-22-20-18-16-14-12-10-8-6-4-2/h14,16,20,22,76-77,81-82H,3-13,15,17-19,21,23-75H2,1-2H3,(H,80,83)/b16-14-,22-20-. The van der Waals surface area contributed by atoms with Crippen molar-refractivity contribution >= 4 is 11.9 Å². The van der Waals surface area contributed by atoms with E-state index < -0.39 is 12.1 Å². The average Bonchev–Trinajstić information content (AvgIpc) is 3.51. The summed E-state index contributed by atoms with van der Waals surface area (Å²) in [6.45, 7) is 4.98. The summed E-state index contributed by atoms with van der Waals surface area (Å²) >= 11 is 0. The van der Waals surface area contributed by atoms with Crippen LogP contribution < -0.4 is 5.32 Å². The number of aliphatic hydroxyl groups is 2. The lowest BCUT2D eigenvalue weighted by molar-refractivity contribution is -0.143. The summed E-state index contributed by atoms with van der Waals surface area (Å²) in [6.07, 6.45) is 95.4. The van der Waals surface area contributed by atoms with E-state index in [1.54, 1.807) is 0 Å². The van der Waals surface area contributed by atoms with Crippen LogP contribution in [0.2, 0.25) is 0 Å². The summed E-state index contributed by atoms with van der Waals surface area (Å²) in [5, 5.41) is 23.5. The number of aliphatic hydroxyl groups excluding tert-OH is 2.